The Kier molecular flexibility index (Phi) is 9.40. The van der Waals surface area contributed by atoms with Gasteiger partial charge in [-0.05, 0) is 57.6 Å². The number of hydrogen-bond acceptors (Lipinski definition) is 4. The standard InChI is InChI=1S/C68H38N4S2/c69-39-53-59(43-23-9-3-10-24-43)54(40-70)64(72-56-32-18-30-46(42-21-7-2-8-22-42)62(56)52-38-36-50-48-28-14-16-34-58(48)74-68(50)66(52)72)60(44-25-11-4-12-26-44)63(53)71-55-31-17-29-45(41-19-5-1-6-20-41)61(55)51-37-35-49-47-27-13-15-33-57(47)73-67(49)65(51)71/h1-38H. The maximum absolute atomic E-state index is 12.2. The topological polar surface area (TPSA) is 57.4 Å². The first kappa shape index (κ1) is 42.2. The van der Waals surface area contributed by atoms with E-state index in [1.165, 1.54) is 20.2 Å². The van der Waals surface area contributed by atoms with Crippen LogP contribution in [0.4, 0.5) is 0 Å². The first-order valence-electron chi connectivity index (χ1n) is 24.7. The van der Waals surface area contributed by atoms with Crippen LogP contribution in [-0.2, 0) is 0 Å². The van der Waals surface area contributed by atoms with Crippen molar-refractivity contribution in [3.63, 3.8) is 0 Å². The minimum atomic E-state index is 0.426. The van der Waals surface area contributed by atoms with Gasteiger partial charge in [-0.2, -0.15) is 10.5 Å². The van der Waals surface area contributed by atoms with Gasteiger partial charge < -0.3 is 9.13 Å². The van der Waals surface area contributed by atoms with Crippen molar-refractivity contribution in [3.8, 4) is 68.0 Å². The summed E-state index contributed by atoms with van der Waals surface area (Å²) in [6.45, 7) is 0. The Labute approximate surface area is 433 Å². The average Bonchev–Trinajstić information content (AvgIpc) is 4.27. The molecule has 0 aliphatic rings. The molecule has 15 rings (SSSR count). The van der Waals surface area contributed by atoms with E-state index in [2.05, 4.69) is 215 Å². The summed E-state index contributed by atoms with van der Waals surface area (Å²) in [5.74, 6) is 0. The van der Waals surface area contributed by atoms with Crippen molar-refractivity contribution >= 4 is 107 Å². The third-order valence-electron chi connectivity index (χ3n) is 15.0. The molecule has 4 nitrogen and oxygen atoms in total. The third kappa shape index (κ3) is 5.99. The molecule has 0 aliphatic heterocycles. The Morgan fingerprint density at radius 2 is 0.676 bits per heavy atom. The summed E-state index contributed by atoms with van der Waals surface area (Å²) >= 11 is 3.58. The normalized spacial score (nSPS) is 11.8. The highest BCUT2D eigenvalue weighted by Gasteiger charge is 2.33. The van der Waals surface area contributed by atoms with Crippen molar-refractivity contribution in [1.82, 2.24) is 9.13 Å². The summed E-state index contributed by atoms with van der Waals surface area (Å²) in [6, 6.07) is 87.0. The zero-order valence-corrected chi connectivity index (χ0v) is 41.2. The number of thiophene rings is 2. The van der Waals surface area contributed by atoms with Gasteiger partial charge in [-0.15, -0.1) is 22.7 Å². The lowest BCUT2D eigenvalue weighted by Gasteiger charge is -2.25. The van der Waals surface area contributed by atoms with Crippen molar-refractivity contribution in [2.75, 3.05) is 0 Å². The SMILES string of the molecule is N#Cc1c(-c2ccccc2)c(C#N)c(-n2c3cccc(-c4ccccc4)c3c3ccc4c5ccccc5sc4c32)c(-c2ccccc2)c1-n1c2cccc(-c3ccccc3)c2c2ccc3c4ccccc4sc3c21. The molecular formula is C68H38N4S2. The summed E-state index contributed by atoms with van der Waals surface area (Å²) < 4.78 is 9.43. The van der Waals surface area contributed by atoms with Crippen molar-refractivity contribution < 1.29 is 0 Å². The molecule has 0 saturated heterocycles. The second kappa shape index (κ2) is 16.5. The highest BCUT2D eigenvalue weighted by Crippen LogP contribution is 2.53. The molecule has 0 unspecified atom stereocenters. The van der Waals surface area contributed by atoms with Crippen LogP contribution in [0.2, 0.25) is 0 Å². The first-order valence-corrected chi connectivity index (χ1v) is 26.3. The van der Waals surface area contributed by atoms with Crippen molar-refractivity contribution in [2.24, 2.45) is 0 Å². The Balaban J connectivity index is 1.24. The van der Waals surface area contributed by atoms with Gasteiger partial charge in [-0.25, -0.2) is 0 Å². The zero-order chi connectivity index (χ0) is 49.0. The van der Waals surface area contributed by atoms with E-state index < -0.39 is 0 Å². The molecule has 0 aliphatic carbocycles. The lowest BCUT2D eigenvalue weighted by atomic mass is 9.86. The fourth-order valence-corrected chi connectivity index (χ4v) is 14.5. The van der Waals surface area contributed by atoms with Crippen LogP contribution in [0.5, 0.6) is 0 Å². The Bertz CT molecular complexity index is 4620. The first-order chi connectivity index (χ1) is 36.7. The summed E-state index contributed by atoms with van der Waals surface area (Å²) in [4.78, 5) is 0. The van der Waals surface area contributed by atoms with E-state index in [9.17, 15) is 10.5 Å². The molecule has 0 spiro atoms. The van der Waals surface area contributed by atoms with Gasteiger partial charge in [0.15, 0.2) is 0 Å². The largest absolute Gasteiger partial charge is 0.306 e. The fraction of sp³-hybridized carbons (Fsp3) is 0. The van der Waals surface area contributed by atoms with Gasteiger partial charge >= 0.3 is 0 Å². The van der Waals surface area contributed by atoms with Gasteiger partial charge in [-0.1, -0.05) is 206 Å². The van der Waals surface area contributed by atoms with Crippen LogP contribution >= 0.6 is 22.7 Å². The molecule has 0 bridgehead atoms. The van der Waals surface area contributed by atoms with Gasteiger partial charge in [0.05, 0.1) is 54.0 Å². The number of rotatable bonds is 6. The number of hydrogen-bond donors (Lipinski definition) is 0. The lowest BCUT2D eigenvalue weighted by molar-refractivity contribution is 1.13. The Morgan fingerprint density at radius 3 is 1.09 bits per heavy atom. The van der Waals surface area contributed by atoms with Crippen LogP contribution in [0.3, 0.4) is 0 Å². The minimum Gasteiger partial charge on any atom is -0.306 e. The molecule has 0 radical (unpaired) electrons. The van der Waals surface area contributed by atoms with Crippen LogP contribution < -0.4 is 0 Å². The Morgan fingerprint density at radius 1 is 0.311 bits per heavy atom. The summed E-state index contributed by atoms with van der Waals surface area (Å²) in [6.07, 6.45) is 0. The number of benzene rings is 11. The molecule has 342 valence electrons. The molecule has 15 aromatic rings. The minimum absolute atomic E-state index is 0.426. The summed E-state index contributed by atoms with van der Waals surface area (Å²) in [5.41, 5.74) is 13.8. The molecule has 0 amide bonds. The fourth-order valence-electron chi connectivity index (χ4n) is 12.0. The van der Waals surface area contributed by atoms with Gasteiger partial charge in [-0.3, -0.25) is 0 Å². The average molecular weight is 975 g/mol. The second-order valence-corrected chi connectivity index (χ2v) is 20.9. The zero-order valence-electron chi connectivity index (χ0n) is 39.5. The smallest absolute Gasteiger partial charge is 0.102 e. The van der Waals surface area contributed by atoms with Gasteiger partial charge in [0, 0.05) is 63.6 Å². The van der Waals surface area contributed by atoms with E-state index in [-0.39, 0.29) is 0 Å². The number of nitriles is 2. The number of aromatic nitrogens is 2. The van der Waals surface area contributed by atoms with Crippen molar-refractivity contribution in [2.45, 2.75) is 0 Å². The van der Waals surface area contributed by atoms with E-state index in [0.29, 0.717) is 16.7 Å². The molecule has 11 aromatic carbocycles. The van der Waals surface area contributed by atoms with Crippen molar-refractivity contribution in [3.05, 3.63) is 242 Å². The highest BCUT2D eigenvalue weighted by molar-refractivity contribution is 7.27. The van der Waals surface area contributed by atoms with Gasteiger partial charge in [0.1, 0.15) is 12.1 Å². The molecular weight excluding hydrogens is 937 g/mol. The predicted molar refractivity (Wildman–Crippen MR) is 312 cm³/mol. The summed E-state index contributed by atoms with van der Waals surface area (Å²) in [5, 5.41) is 33.5. The van der Waals surface area contributed by atoms with Crippen LogP contribution in [0.1, 0.15) is 11.1 Å². The predicted octanol–water partition coefficient (Wildman–Crippen LogP) is 19.0. The van der Waals surface area contributed by atoms with E-state index in [0.717, 1.165) is 114 Å². The number of fused-ring (bicyclic) bond motifs is 14. The molecule has 0 atom stereocenters. The van der Waals surface area contributed by atoms with Crippen LogP contribution in [0, 0.1) is 22.7 Å². The van der Waals surface area contributed by atoms with E-state index in [1.54, 1.807) is 22.7 Å². The van der Waals surface area contributed by atoms with E-state index in [1.807, 2.05) is 36.4 Å². The second-order valence-electron chi connectivity index (χ2n) is 18.8. The monoisotopic (exact) mass is 974 g/mol. The van der Waals surface area contributed by atoms with Crippen molar-refractivity contribution in [1.29, 1.82) is 10.5 Å². The molecule has 0 N–H and O–H groups in total. The molecule has 6 heteroatoms. The molecule has 4 aromatic heterocycles. The maximum atomic E-state index is 12.2. The Hall–Kier alpha value is -9.56. The third-order valence-corrected chi connectivity index (χ3v) is 17.4. The number of nitrogens with zero attached hydrogens (tertiary/aromatic N) is 4. The van der Waals surface area contributed by atoms with E-state index in [4.69, 9.17) is 0 Å². The molecule has 0 fully saturated rings. The highest BCUT2D eigenvalue weighted by atomic mass is 32.1. The molecule has 4 heterocycles. The van der Waals surface area contributed by atoms with Gasteiger partial charge in [0.2, 0.25) is 0 Å². The molecule has 0 saturated carbocycles. The van der Waals surface area contributed by atoms with Crippen LogP contribution in [-0.4, -0.2) is 9.13 Å². The van der Waals surface area contributed by atoms with Crippen LogP contribution in [0.25, 0.3) is 140 Å². The maximum Gasteiger partial charge on any atom is 0.102 e. The summed E-state index contributed by atoms with van der Waals surface area (Å²) in [7, 11) is 0. The molecule has 74 heavy (non-hydrogen) atoms. The quantitative estimate of drug-likeness (QED) is 0.167. The van der Waals surface area contributed by atoms with Gasteiger partial charge in [0.25, 0.3) is 0 Å². The van der Waals surface area contributed by atoms with Crippen LogP contribution in [0.15, 0.2) is 231 Å². The van der Waals surface area contributed by atoms with E-state index >= 15 is 0 Å². The lowest BCUT2D eigenvalue weighted by Crippen LogP contribution is -2.11.